The Bertz CT molecular complexity index is 335. The van der Waals surface area contributed by atoms with Crippen LogP contribution in [0.5, 0.6) is 0 Å². The van der Waals surface area contributed by atoms with Crippen LogP contribution in [0.1, 0.15) is 19.8 Å². The summed E-state index contributed by atoms with van der Waals surface area (Å²) in [6.07, 6.45) is 2.01. The third-order valence-electron chi connectivity index (χ3n) is 3.94. The minimum atomic E-state index is -0.385. The van der Waals surface area contributed by atoms with Crippen LogP contribution in [0.25, 0.3) is 0 Å². The third kappa shape index (κ3) is 4.18. The second-order valence-electron chi connectivity index (χ2n) is 5.51. The summed E-state index contributed by atoms with van der Waals surface area (Å²) in [5, 5.41) is 8.42. The average Bonchev–Trinajstić information content (AvgIpc) is 2.83. The number of fused-ring (bicyclic) bond motifs is 1. The van der Waals surface area contributed by atoms with Crippen molar-refractivity contribution >= 4 is 11.9 Å². The van der Waals surface area contributed by atoms with Crippen molar-refractivity contribution < 1.29 is 9.59 Å². The van der Waals surface area contributed by atoms with Crippen molar-refractivity contribution in [2.45, 2.75) is 19.8 Å². The normalized spacial score (nSPS) is 26.8. The maximum atomic E-state index is 11.7. The van der Waals surface area contributed by atoms with Gasteiger partial charge in [0.2, 0.25) is 5.91 Å². The van der Waals surface area contributed by atoms with Gasteiger partial charge in [-0.1, -0.05) is 6.92 Å². The summed E-state index contributed by atoms with van der Waals surface area (Å²) in [5.41, 5.74) is 0. The van der Waals surface area contributed by atoms with Crippen molar-refractivity contribution in [2.24, 2.45) is 11.8 Å². The number of hydrogen-bond donors (Lipinski definition) is 3. The minimum Gasteiger partial charge on any atom is -0.338 e. The Balaban J connectivity index is 1.69. The predicted octanol–water partition coefficient (Wildman–Crippen LogP) is -0.236. The highest BCUT2D eigenvalue weighted by atomic mass is 16.2. The quantitative estimate of drug-likeness (QED) is 0.658. The van der Waals surface area contributed by atoms with Crippen molar-refractivity contribution in [1.29, 1.82) is 0 Å². The van der Waals surface area contributed by atoms with Gasteiger partial charge in [0, 0.05) is 13.1 Å². The number of rotatable bonds is 4. The molecule has 108 valence electrons. The fourth-order valence-electron chi connectivity index (χ4n) is 2.91. The Labute approximate surface area is 114 Å². The second kappa shape index (κ2) is 6.86. The van der Waals surface area contributed by atoms with Gasteiger partial charge in [-0.15, -0.1) is 0 Å². The second-order valence-corrected chi connectivity index (χ2v) is 5.51. The van der Waals surface area contributed by atoms with Gasteiger partial charge in [-0.2, -0.15) is 0 Å². The molecule has 0 aromatic heterocycles. The van der Waals surface area contributed by atoms with E-state index in [1.54, 1.807) is 0 Å². The fraction of sp³-hybridized carbons (Fsp3) is 0.846. The maximum absolute atomic E-state index is 11.7. The van der Waals surface area contributed by atoms with Crippen molar-refractivity contribution in [3.05, 3.63) is 0 Å². The average molecular weight is 268 g/mol. The van der Waals surface area contributed by atoms with Gasteiger partial charge in [-0.3, -0.25) is 15.0 Å². The van der Waals surface area contributed by atoms with Crippen molar-refractivity contribution in [3.8, 4) is 0 Å². The molecule has 2 heterocycles. The number of carbonyl (C=O) groups excluding carboxylic acids is 2. The molecule has 2 fully saturated rings. The number of amides is 3. The van der Waals surface area contributed by atoms with Crippen molar-refractivity contribution in [1.82, 2.24) is 20.9 Å². The zero-order valence-corrected chi connectivity index (χ0v) is 11.6. The summed E-state index contributed by atoms with van der Waals surface area (Å²) >= 11 is 0. The Kier molecular flexibility index (Phi) is 5.15. The van der Waals surface area contributed by atoms with Gasteiger partial charge in [-0.05, 0) is 44.3 Å². The number of hydrogen-bond acceptors (Lipinski definition) is 4. The van der Waals surface area contributed by atoms with Gasteiger partial charge in [-0.25, -0.2) is 4.79 Å². The molecular formula is C13H24N4O2. The van der Waals surface area contributed by atoms with Crippen LogP contribution in [0.3, 0.4) is 0 Å². The van der Waals surface area contributed by atoms with Crippen LogP contribution in [-0.2, 0) is 4.79 Å². The molecule has 6 heteroatoms. The van der Waals surface area contributed by atoms with E-state index in [1.807, 2.05) is 6.92 Å². The Morgan fingerprint density at radius 1 is 1.32 bits per heavy atom. The molecule has 0 bridgehead atoms. The predicted molar refractivity (Wildman–Crippen MR) is 72.7 cm³/mol. The number of nitrogens with one attached hydrogen (secondary N) is 3. The molecule has 2 rings (SSSR count). The molecule has 6 nitrogen and oxygen atoms in total. The van der Waals surface area contributed by atoms with E-state index in [-0.39, 0.29) is 11.9 Å². The summed E-state index contributed by atoms with van der Waals surface area (Å²) in [4.78, 5) is 25.3. The molecule has 0 saturated carbocycles. The maximum Gasteiger partial charge on any atom is 0.321 e. The molecule has 2 unspecified atom stereocenters. The summed E-state index contributed by atoms with van der Waals surface area (Å²) in [6, 6.07) is -0.385. The van der Waals surface area contributed by atoms with Gasteiger partial charge < -0.3 is 10.6 Å². The van der Waals surface area contributed by atoms with Gasteiger partial charge in [0.15, 0.2) is 0 Å². The van der Waals surface area contributed by atoms with Crippen LogP contribution >= 0.6 is 0 Å². The monoisotopic (exact) mass is 268 g/mol. The first kappa shape index (κ1) is 14.3. The van der Waals surface area contributed by atoms with E-state index in [2.05, 4.69) is 20.9 Å². The zero-order chi connectivity index (χ0) is 13.7. The van der Waals surface area contributed by atoms with Gasteiger partial charge >= 0.3 is 6.03 Å². The summed E-state index contributed by atoms with van der Waals surface area (Å²) in [5.74, 6) is 1.22. The highest BCUT2D eigenvalue weighted by Gasteiger charge is 2.33. The minimum absolute atomic E-state index is 0.210. The lowest BCUT2D eigenvalue weighted by Gasteiger charge is -2.33. The van der Waals surface area contributed by atoms with E-state index < -0.39 is 0 Å². The lowest BCUT2D eigenvalue weighted by Crippen LogP contribution is -2.48. The first-order valence-electron chi connectivity index (χ1n) is 7.19. The van der Waals surface area contributed by atoms with Gasteiger partial charge in [0.25, 0.3) is 0 Å². The first-order valence-corrected chi connectivity index (χ1v) is 7.19. The van der Waals surface area contributed by atoms with E-state index >= 15 is 0 Å². The number of likely N-dealkylation sites (tertiary alicyclic amines) is 1. The van der Waals surface area contributed by atoms with Crippen LogP contribution in [0, 0.1) is 11.8 Å². The van der Waals surface area contributed by atoms with E-state index in [4.69, 9.17) is 0 Å². The summed E-state index contributed by atoms with van der Waals surface area (Å²) in [7, 11) is 0. The van der Waals surface area contributed by atoms with E-state index in [9.17, 15) is 9.59 Å². The Morgan fingerprint density at radius 3 is 2.89 bits per heavy atom. The fourth-order valence-corrected chi connectivity index (χ4v) is 2.91. The number of imide groups is 1. The van der Waals surface area contributed by atoms with Crippen LogP contribution in [0.4, 0.5) is 4.79 Å². The molecule has 2 aliphatic rings. The molecule has 3 N–H and O–H groups in total. The van der Waals surface area contributed by atoms with Crippen LogP contribution in [-0.4, -0.2) is 56.1 Å². The number of nitrogens with zero attached hydrogens (tertiary/aromatic N) is 1. The lowest BCUT2D eigenvalue weighted by molar-refractivity contribution is -0.121. The smallest absolute Gasteiger partial charge is 0.321 e. The van der Waals surface area contributed by atoms with E-state index in [0.29, 0.717) is 19.0 Å². The molecule has 0 spiro atoms. The first-order chi connectivity index (χ1) is 9.19. The molecular weight excluding hydrogens is 244 g/mol. The number of piperidine rings is 1. The largest absolute Gasteiger partial charge is 0.338 e. The van der Waals surface area contributed by atoms with E-state index in [0.717, 1.165) is 44.9 Å². The molecule has 0 aliphatic carbocycles. The molecule has 2 aliphatic heterocycles. The Hall–Kier alpha value is -1.14. The van der Waals surface area contributed by atoms with Crippen molar-refractivity contribution in [2.75, 3.05) is 39.3 Å². The molecule has 2 saturated heterocycles. The number of carbonyl (C=O) groups is 2. The van der Waals surface area contributed by atoms with Gasteiger partial charge in [0.05, 0.1) is 6.54 Å². The molecule has 19 heavy (non-hydrogen) atoms. The molecule has 3 amide bonds. The summed E-state index contributed by atoms with van der Waals surface area (Å²) in [6.45, 7) is 6.97. The Morgan fingerprint density at radius 2 is 2.11 bits per heavy atom. The van der Waals surface area contributed by atoms with Crippen molar-refractivity contribution in [3.63, 3.8) is 0 Å². The molecule has 0 aromatic carbocycles. The molecule has 2 atom stereocenters. The van der Waals surface area contributed by atoms with Crippen LogP contribution in [0.15, 0.2) is 0 Å². The highest BCUT2D eigenvalue weighted by molar-refractivity contribution is 5.95. The van der Waals surface area contributed by atoms with Gasteiger partial charge in [0.1, 0.15) is 0 Å². The molecule has 0 radical (unpaired) electrons. The molecule has 0 aromatic rings. The third-order valence-corrected chi connectivity index (χ3v) is 3.94. The standard InChI is InChI=1S/C13H24N4O2/c1-2-4-15-13(19)16-12(18)9-17-5-3-10-6-14-7-11(10)8-17/h10-11,14H,2-9H2,1H3,(H2,15,16,18,19). The van der Waals surface area contributed by atoms with Crippen LogP contribution < -0.4 is 16.0 Å². The van der Waals surface area contributed by atoms with E-state index in [1.165, 1.54) is 0 Å². The lowest BCUT2D eigenvalue weighted by atomic mass is 9.89. The highest BCUT2D eigenvalue weighted by Crippen LogP contribution is 2.25. The SMILES string of the molecule is CCCNC(=O)NC(=O)CN1CCC2CNCC2C1. The topological polar surface area (TPSA) is 73.5 Å². The zero-order valence-electron chi connectivity index (χ0n) is 11.6. The summed E-state index contributed by atoms with van der Waals surface area (Å²) < 4.78 is 0. The van der Waals surface area contributed by atoms with Crippen LogP contribution in [0.2, 0.25) is 0 Å². The number of urea groups is 1.